The van der Waals surface area contributed by atoms with Gasteiger partial charge in [0.1, 0.15) is 0 Å². The molecule has 0 amide bonds. The Morgan fingerprint density at radius 2 is 1.36 bits per heavy atom. The van der Waals surface area contributed by atoms with Gasteiger partial charge in [-0.05, 0) is 19.6 Å². The average Bonchev–Trinajstić information content (AvgIpc) is 2.23. The van der Waals surface area contributed by atoms with E-state index in [-0.39, 0.29) is 0 Å². The zero-order valence-corrected chi connectivity index (χ0v) is 9.79. The Morgan fingerprint density at radius 1 is 0.857 bits per heavy atom. The van der Waals surface area contributed by atoms with E-state index in [4.69, 9.17) is 5.26 Å². The normalized spacial score (nSPS) is 10.9. The Labute approximate surface area is 88.3 Å². The summed E-state index contributed by atoms with van der Waals surface area (Å²) in [5, 5.41) is 8.49. The van der Waals surface area contributed by atoms with Crippen LogP contribution in [0.5, 0.6) is 0 Å². The van der Waals surface area contributed by atoms with Gasteiger partial charge in [0.15, 0.2) is 0 Å². The molecule has 0 spiro atoms. The molecule has 0 heterocycles. The molecule has 0 aliphatic carbocycles. The van der Waals surface area contributed by atoms with Crippen LogP contribution in [0.2, 0.25) is 0 Å². The van der Waals surface area contributed by atoms with Gasteiger partial charge in [0, 0.05) is 26.1 Å². The molecule has 82 valence electrons. The highest BCUT2D eigenvalue weighted by atomic mass is 15.2. The maximum atomic E-state index is 8.49. The van der Waals surface area contributed by atoms with E-state index in [0.29, 0.717) is 6.42 Å². The molecular weight excluding hydrogens is 174 g/mol. The summed E-state index contributed by atoms with van der Waals surface area (Å²) in [7, 11) is 0. The molecule has 0 aromatic heterocycles. The lowest BCUT2D eigenvalue weighted by molar-refractivity contribution is 0.223. The van der Waals surface area contributed by atoms with E-state index in [1.165, 1.54) is 0 Å². The highest BCUT2D eigenvalue weighted by Gasteiger charge is 2.04. The van der Waals surface area contributed by atoms with Crippen LogP contribution in [0.25, 0.3) is 0 Å². The van der Waals surface area contributed by atoms with Crippen molar-refractivity contribution in [2.24, 2.45) is 0 Å². The number of hydrogen-bond donors (Lipinski definition) is 0. The minimum atomic E-state index is 0.645. The van der Waals surface area contributed by atoms with Gasteiger partial charge in [-0.2, -0.15) is 5.26 Å². The summed E-state index contributed by atoms with van der Waals surface area (Å²) >= 11 is 0. The standard InChI is InChI=1S/C11H23N3/c1-4-13(5-2)10-11-14(6-3)9-7-8-12/h4-7,9-11H2,1-3H3. The largest absolute Gasteiger partial charge is 0.303 e. The predicted octanol–water partition coefficient (Wildman–Crippen LogP) is 1.56. The van der Waals surface area contributed by atoms with E-state index in [0.717, 1.165) is 39.3 Å². The summed E-state index contributed by atoms with van der Waals surface area (Å²) < 4.78 is 0. The van der Waals surface area contributed by atoms with Gasteiger partial charge in [0.2, 0.25) is 0 Å². The third-order valence-corrected chi connectivity index (χ3v) is 2.61. The van der Waals surface area contributed by atoms with Crippen molar-refractivity contribution in [3.05, 3.63) is 0 Å². The van der Waals surface area contributed by atoms with Crippen LogP contribution in [0.1, 0.15) is 27.2 Å². The maximum Gasteiger partial charge on any atom is 0.0635 e. The lowest BCUT2D eigenvalue weighted by Crippen LogP contribution is -2.35. The highest BCUT2D eigenvalue weighted by Crippen LogP contribution is 1.93. The molecule has 0 unspecified atom stereocenters. The minimum Gasteiger partial charge on any atom is -0.303 e. The quantitative estimate of drug-likeness (QED) is 0.591. The Morgan fingerprint density at radius 3 is 1.79 bits per heavy atom. The van der Waals surface area contributed by atoms with Gasteiger partial charge in [-0.25, -0.2) is 0 Å². The Bertz CT molecular complexity index is 158. The lowest BCUT2D eigenvalue weighted by Gasteiger charge is -2.24. The van der Waals surface area contributed by atoms with Crippen molar-refractivity contribution < 1.29 is 0 Å². The molecule has 0 saturated heterocycles. The first kappa shape index (κ1) is 13.4. The molecule has 0 radical (unpaired) electrons. The zero-order chi connectivity index (χ0) is 10.8. The molecule has 0 saturated carbocycles. The second-order valence-corrected chi connectivity index (χ2v) is 3.37. The van der Waals surface area contributed by atoms with Crippen molar-refractivity contribution in [3.63, 3.8) is 0 Å². The second kappa shape index (κ2) is 8.98. The maximum absolute atomic E-state index is 8.49. The van der Waals surface area contributed by atoms with Crippen LogP contribution in [0.15, 0.2) is 0 Å². The van der Waals surface area contributed by atoms with Crippen molar-refractivity contribution in [1.29, 1.82) is 5.26 Å². The third-order valence-electron chi connectivity index (χ3n) is 2.61. The monoisotopic (exact) mass is 197 g/mol. The summed E-state index contributed by atoms with van der Waals surface area (Å²) in [5.41, 5.74) is 0. The van der Waals surface area contributed by atoms with Gasteiger partial charge in [-0.1, -0.05) is 20.8 Å². The van der Waals surface area contributed by atoms with Crippen molar-refractivity contribution in [3.8, 4) is 6.07 Å². The Balaban J connectivity index is 3.65. The number of nitriles is 1. The van der Waals surface area contributed by atoms with Gasteiger partial charge >= 0.3 is 0 Å². The summed E-state index contributed by atoms with van der Waals surface area (Å²) in [6.07, 6.45) is 0.645. The molecule has 0 N–H and O–H groups in total. The first-order chi connectivity index (χ1) is 6.78. The van der Waals surface area contributed by atoms with Crippen molar-refractivity contribution in [2.45, 2.75) is 27.2 Å². The van der Waals surface area contributed by atoms with E-state index >= 15 is 0 Å². The molecule has 0 atom stereocenters. The fourth-order valence-corrected chi connectivity index (χ4v) is 1.46. The lowest BCUT2D eigenvalue weighted by atomic mass is 10.3. The third kappa shape index (κ3) is 5.95. The van der Waals surface area contributed by atoms with E-state index < -0.39 is 0 Å². The van der Waals surface area contributed by atoms with Gasteiger partial charge in [-0.15, -0.1) is 0 Å². The molecule has 0 aromatic carbocycles. The number of rotatable bonds is 8. The molecule has 0 aromatic rings. The van der Waals surface area contributed by atoms with Crippen molar-refractivity contribution in [2.75, 3.05) is 39.3 Å². The van der Waals surface area contributed by atoms with Gasteiger partial charge in [0.25, 0.3) is 0 Å². The molecular formula is C11H23N3. The van der Waals surface area contributed by atoms with E-state index in [1.807, 2.05) is 0 Å². The van der Waals surface area contributed by atoms with E-state index in [1.54, 1.807) is 0 Å². The second-order valence-electron chi connectivity index (χ2n) is 3.37. The molecule has 0 rings (SSSR count). The SMILES string of the molecule is CCN(CC)CCN(CC)CCC#N. The van der Waals surface area contributed by atoms with Crippen LogP contribution in [0.3, 0.4) is 0 Å². The average molecular weight is 197 g/mol. The molecule has 0 aliphatic heterocycles. The number of nitrogens with zero attached hydrogens (tertiary/aromatic N) is 3. The van der Waals surface area contributed by atoms with Crippen LogP contribution in [0.4, 0.5) is 0 Å². The molecule has 0 aliphatic rings. The first-order valence-electron chi connectivity index (χ1n) is 5.60. The van der Waals surface area contributed by atoms with Gasteiger partial charge in [0.05, 0.1) is 6.07 Å². The predicted molar refractivity (Wildman–Crippen MR) is 60.1 cm³/mol. The molecule has 0 fully saturated rings. The van der Waals surface area contributed by atoms with Crippen LogP contribution in [-0.2, 0) is 0 Å². The molecule has 14 heavy (non-hydrogen) atoms. The fourth-order valence-electron chi connectivity index (χ4n) is 1.46. The molecule has 3 nitrogen and oxygen atoms in total. The first-order valence-corrected chi connectivity index (χ1v) is 5.60. The topological polar surface area (TPSA) is 30.3 Å². The van der Waals surface area contributed by atoms with E-state index in [9.17, 15) is 0 Å². The zero-order valence-electron chi connectivity index (χ0n) is 9.79. The number of hydrogen-bond acceptors (Lipinski definition) is 3. The van der Waals surface area contributed by atoms with Crippen molar-refractivity contribution >= 4 is 0 Å². The summed E-state index contributed by atoms with van der Waals surface area (Å²) in [6, 6.07) is 2.19. The minimum absolute atomic E-state index is 0.645. The Kier molecular flexibility index (Phi) is 8.61. The van der Waals surface area contributed by atoms with E-state index in [2.05, 4.69) is 36.6 Å². The summed E-state index contributed by atoms with van der Waals surface area (Å²) in [5.74, 6) is 0. The fraction of sp³-hybridized carbons (Fsp3) is 0.909. The van der Waals surface area contributed by atoms with Crippen LogP contribution >= 0.6 is 0 Å². The highest BCUT2D eigenvalue weighted by molar-refractivity contribution is 4.72. The smallest absolute Gasteiger partial charge is 0.0635 e. The number of likely N-dealkylation sites (N-methyl/N-ethyl adjacent to an activating group) is 2. The Hall–Kier alpha value is -0.590. The van der Waals surface area contributed by atoms with Gasteiger partial charge in [-0.3, -0.25) is 0 Å². The molecule has 3 heteroatoms. The van der Waals surface area contributed by atoms with Crippen molar-refractivity contribution in [1.82, 2.24) is 9.80 Å². The summed E-state index contributed by atoms with van der Waals surface area (Å²) in [6.45, 7) is 12.9. The summed E-state index contributed by atoms with van der Waals surface area (Å²) in [4.78, 5) is 4.75. The van der Waals surface area contributed by atoms with Crippen LogP contribution in [0, 0.1) is 11.3 Å². The van der Waals surface area contributed by atoms with Gasteiger partial charge < -0.3 is 9.80 Å². The van der Waals surface area contributed by atoms with Crippen LogP contribution in [-0.4, -0.2) is 49.1 Å². The van der Waals surface area contributed by atoms with Crippen LogP contribution < -0.4 is 0 Å². The molecule has 0 bridgehead atoms.